The summed E-state index contributed by atoms with van der Waals surface area (Å²) in [7, 11) is 0. The number of benzene rings is 2. The Balaban J connectivity index is 1.74. The molecule has 172 valence electrons. The summed E-state index contributed by atoms with van der Waals surface area (Å²) in [6.07, 6.45) is 14.4. The van der Waals surface area contributed by atoms with Gasteiger partial charge in [0, 0.05) is 6.61 Å². The summed E-state index contributed by atoms with van der Waals surface area (Å²) >= 11 is 0. The highest BCUT2D eigenvalue weighted by Gasteiger charge is 2.12. The molecule has 2 nitrogen and oxygen atoms in total. The van der Waals surface area contributed by atoms with Gasteiger partial charge in [0.25, 0.3) is 0 Å². The minimum absolute atomic E-state index is 0.102. The van der Waals surface area contributed by atoms with E-state index in [1.165, 1.54) is 68.1 Å². The van der Waals surface area contributed by atoms with Crippen molar-refractivity contribution in [2.24, 2.45) is 0 Å². The van der Waals surface area contributed by atoms with E-state index >= 15 is 0 Å². The van der Waals surface area contributed by atoms with Crippen LogP contribution in [0.2, 0.25) is 0 Å². The van der Waals surface area contributed by atoms with E-state index in [0.29, 0.717) is 0 Å². The van der Waals surface area contributed by atoms with E-state index in [1.54, 1.807) is 0 Å². The lowest BCUT2D eigenvalue weighted by Crippen LogP contribution is -2.03. The predicted octanol–water partition coefficient (Wildman–Crippen LogP) is 9.14. The molecule has 1 unspecified atom stereocenters. The Morgan fingerprint density at radius 1 is 0.645 bits per heavy atom. The average Bonchev–Trinajstić information content (AvgIpc) is 2.81. The van der Waals surface area contributed by atoms with E-state index < -0.39 is 0 Å². The highest BCUT2D eigenvalue weighted by Crippen LogP contribution is 2.31. The Kier molecular flexibility index (Phi) is 13.1. The Labute approximate surface area is 191 Å². The SMILES string of the molecule is CCCCCCCCCCCOc1ccc(-c2ccccc2C(C)OCCCC)cc1. The molecule has 0 aromatic heterocycles. The van der Waals surface area contributed by atoms with E-state index in [9.17, 15) is 0 Å². The van der Waals surface area contributed by atoms with Crippen molar-refractivity contribution in [3.63, 3.8) is 0 Å². The fraction of sp³-hybridized carbons (Fsp3) is 0.586. The summed E-state index contributed by atoms with van der Waals surface area (Å²) in [5, 5.41) is 0. The van der Waals surface area contributed by atoms with Gasteiger partial charge in [0.15, 0.2) is 0 Å². The van der Waals surface area contributed by atoms with Gasteiger partial charge in [0.05, 0.1) is 12.7 Å². The molecule has 0 aliphatic rings. The van der Waals surface area contributed by atoms with E-state index in [2.05, 4.69) is 69.3 Å². The van der Waals surface area contributed by atoms with E-state index in [-0.39, 0.29) is 6.10 Å². The topological polar surface area (TPSA) is 18.5 Å². The monoisotopic (exact) mass is 424 g/mol. The van der Waals surface area contributed by atoms with Gasteiger partial charge in [-0.2, -0.15) is 0 Å². The third kappa shape index (κ3) is 9.91. The number of hydrogen-bond acceptors (Lipinski definition) is 2. The maximum absolute atomic E-state index is 6.05. The number of ether oxygens (including phenoxy) is 2. The van der Waals surface area contributed by atoms with Crippen LogP contribution >= 0.6 is 0 Å². The zero-order valence-corrected chi connectivity index (χ0v) is 20.2. The summed E-state index contributed by atoms with van der Waals surface area (Å²) in [5.41, 5.74) is 3.72. The second kappa shape index (κ2) is 15.9. The van der Waals surface area contributed by atoms with Gasteiger partial charge in [-0.15, -0.1) is 0 Å². The lowest BCUT2D eigenvalue weighted by Gasteiger charge is -2.18. The molecule has 2 aromatic carbocycles. The third-order valence-electron chi connectivity index (χ3n) is 5.95. The normalized spacial score (nSPS) is 12.1. The van der Waals surface area contributed by atoms with Crippen molar-refractivity contribution in [2.75, 3.05) is 13.2 Å². The van der Waals surface area contributed by atoms with Crippen LogP contribution in [0.4, 0.5) is 0 Å². The van der Waals surface area contributed by atoms with E-state index in [4.69, 9.17) is 9.47 Å². The lowest BCUT2D eigenvalue weighted by atomic mass is 9.96. The molecule has 0 amide bonds. The van der Waals surface area contributed by atoms with Crippen LogP contribution in [0.3, 0.4) is 0 Å². The molecule has 31 heavy (non-hydrogen) atoms. The molecule has 0 bridgehead atoms. The Morgan fingerprint density at radius 3 is 1.94 bits per heavy atom. The van der Waals surface area contributed by atoms with Crippen LogP contribution in [0.1, 0.15) is 103 Å². The minimum atomic E-state index is 0.102. The first-order valence-corrected chi connectivity index (χ1v) is 12.7. The first-order valence-electron chi connectivity index (χ1n) is 12.7. The van der Waals surface area contributed by atoms with Crippen molar-refractivity contribution >= 4 is 0 Å². The maximum Gasteiger partial charge on any atom is 0.119 e. The second-order valence-electron chi connectivity index (χ2n) is 8.66. The third-order valence-corrected chi connectivity index (χ3v) is 5.95. The summed E-state index contributed by atoms with van der Waals surface area (Å²) in [5.74, 6) is 0.966. The number of unbranched alkanes of at least 4 members (excludes halogenated alkanes) is 9. The van der Waals surface area contributed by atoms with Gasteiger partial charge in [-0.1, -0.05) is 108 Å². The average molecular weight is 425 g/mol. The molecule has 0 heterocycles. The molecule has 0 aliphatic heterocycles. The number of hydrogen-bond donors (Lipinski definition) is 0. The van der Waals surface area contributed by atoms with Crippen molar-refractivity contribution in [3.8, 4) is 16.9 Å². The van der Waals surface area contributed by atoms with Crippen LogP contribution in [0.15, 0.2) is 48.5 Å². The van der Waals surface area contributed by atoms with Gasteiger partial charge in [-0.25, -0.2) is 0 Å². The van der Waals surface area contributed by atoms with Gasteiger partial charge in [0.1, 0.15) is 5.75 Å². The second-order valence-corrected chi connectivity index (χ2v) is 8.66. The Bertz CT molecular complexity index is 692. The minimum Gasteiger partial charge on any atom is -0.494 e. The van der Waals surface area contributed by atoms with Crippen molar-refractivity contribution in [3.05, 3.63) is 54.1 Å². The van der Waals surface area contributed by atoms with Gasteiger partial charge in [-0.3, -0.25) is 0 Å². The zero-order valence-electron chi connectivity index (χ0n) is 20.2. The number of rotatable bonds is 17. The van der Waals surface area contributed by atoms with Gasteiger partial charge in [0.2, 0.25) is 0 Å². The van der Waals surface area contributed by atoms with Crippen molar-refractivity contribution in [2.45, 2.75) is 97.5 Å². The van der Waals surface area contributed by atoms with Crippen LogP contribution in [0.25, 0.3) is 11.1 Å². The fourth-order valence-electron chi connectivity index (χ4n) is 3.94. The van der Waals surface area contributed by atoms with E-state index in [0.717, 1.165) is 38.2 Å². The zero-order chi connectivity index (χ0) is 22.2. The largest absolute Gasteiger partial charge is 0.494 e. The van der Waals surface area contributed by atoms with Crippen LogP contribution < -0.4 is 4.74 Å². The quantitative estimate of drug-likeness (QED) is 0.236. The van der Waals surface area contributed by atoms with Gasteiger partial charge >= 0.3 is 0 Å². The Hall–Kier alpha value is -1.80. The highest BCUT2D eigenvalue weighted by molar-refractivity contribution is 5.68. The van der Waals surface area contributed by atoms with Crippen LogP contribution in [-0.4, -0.2) is 13.2 Å². The van der Waals surface area contributed by atoms with Gasteiger partial charge in [-0.05, 0) is 48.6 Å². The summed E-state index contributed by atoms with van der Waals surface area (Å²) < 4.78 is 12.0. The van der Waals surface area contributed by atoms with Gasteiger partial charge < -0.3 is 9.47 Å². The molecule has 1 atom stereocenters. The van der Waals surface area contributed by atoms with Crippen molar-refractivity contribution < 1.29 is 9.47 Å². The molecule has 0 aliphatic carbocycles. The highest BCUT2D eigenvalue weighted by atomic mass is 16.5. The molecule has 0 saturated heterocycles. The smallest absolute Gasteiger partial charge is 0.119 e. The fourth-order valence-corrected chi connectivity index (χ4v) is 3.94. The van der Waals surface area contributed by atoms with Crippen LogP contribution in [-0.2, 0) is 4.74 Å². The molecular formula is C29H44O2. The van der Waals surface area contributed by atoms with Crippen LogP contribution in [0, 0.1) is 0 Å². The molecule has 2 aromatic rings. The summed E-state index contributed by atoms with van der Waals surface area (Å²) in [6, 6.07) is 17.1. The van der Waals surface area contributed by atoms with E-state index in [1.807, 2.05) is 0 Å². The van der Waals surface area contributed by atoms with Crippen molar-refractivity contribution in [1.82, 2.24) is 0 Å². The first kappa shape index (κ1) is 25.5. The molecule has 2 heteroatoms. The maximum atomic E-state index is 6.05. The molecule has 0 N–H and O–H groups in total. The lowest BCUT2D eigenvalue weighted by molar-refractivity contribution is 0.0640. The Morgan fingerprint density at radius 2 is 1.26 bits per heavy atom. The molecule has 0 spiro atoms. The molecule has 2 rings (SSSR count). The first-order chi connectivity index (χ1) is 15.3. The standard InChI is InChI=1S/C29H44O2/c1-4-6-8-9-10-11-12-13-16-24-31-27-21-19-26(20-22-27)29-18-15-14-17-28(29)25(3)30-23-7-5-2/h14-15,17-22,25H,4-13,16,23-24H2,1-3H3. The molecular weight excluding hydrogens is 380 g/mol. The molecule has 0 radical (unpaired) electrons. The predicted molar refractivity (Wildman–Crippen MR) is 134 cm³/mol. The van der Waals surface area contributed by atoms with Crippen molar-refractivity contribution in [1.29, 1.82) is 0 Å². The summed E-state index contributed by atoms with van der Waals surface area (Å²) in [6.45, 7) is 8.25. The molecule has 0 fully saturated rings. The molecule has 0 saturated carbocycles. The summed E-state index contributed by atoms with van der Waals surface area (Å²) in [4.78, 5) is 0. The van der Waals surface area contributed by atoms with Crippen LogP contribution in [0.5, 0.6) is 5.75 Å².